The summed E-state index contributed by atoms with van der Waals surface area (Å²) in [5.41, 5.74) is 0.358. The molecule has 6 nitrogen and oxygen atoms in total. The quantitative estimate of drug-likeness (QED) is 0.615. The number of aromatic nitrogens is 2. The molecule has 20 heavy (non-hydrogen) atoms. The normalized spacial score (nSPS) is 13.8. The van der Waals surface area contributed by atoms with E-state index in [0.717, 1.165) is 4.90 Å². The van der Waals surface area contributed by atoms with Crippen LogP contribution in [0, 0.1) is 11.7 Å². The molecule has 0 radical (unpaired) electrons. The second kappa shape index (κ2) is 4.24. The summed E-state index contributed by atoms with van der Waals surface area (Å²) in [7, 11) is 0. The Morgan fingerprint density at radius 2 is 1.55 bits per heavy atom. The van der Waals surface area contributed by atoms with Gasteiger partial charge in [-0.25, -0.2) is 4.90 Å². The Morgan fingerprint density at radius 1 is 1.00 bits per heavy atom. The highest BCUT2D eigenvalue weighted by atomic mass is 32.1. The molecule has 0 spiro atoms. The number of aryl methyl sites for hydroxylation is 1. The van der Waals surface area contributed by atoms with Gasteiger partial charge in [-0.2, -0.15) is 0 Å². The molecular formula is C13H9N3O3S. The molecular weight excluding hydrogens is 278 g/mol. The molecule has 1 aliphatic rings. The summed E-state index contributed by atoms with van der Waals surface area (Å²) in [6, 6.07) is 6.46. The van der Waals surface area contributed by atoms with Crippen LogP contribution in [0.5, 0.6) is 0 Å². The van der Waals surface area contributed by atoms with E-state index in [1.54, 1.807) is 31.2 Å². The molecule has 2 aromatic rings. The fraction of sp³-hybridized carbons (Fsp3) is 0.0769. The summed E-state index contributed by atoms with van der Waals surface area (Å²) < 4.78 is 0.146. The Bertz CT molecular complexity index is 831. The minimum Gasteiger partial charge on any atom is -0.334 e. The first-order valence-electron chi connectivity index (χ1n) is 5.81. The summed E-state index contributed by atoms with van der Waals surface area (Å²) in [5, 5.41) is 0. The van der Waals surface area contributed by atoms with Crippen molar-refractivity contribution in [2.24, 2.45) is 0 Å². The molecule has 2 N–H and O–H groups in total. The van der Waals surface area contributed by atoms with Crippen LogP contribution >= 0.6 is 12.2 Å². The van der Waals surface area contributed by atoms with E-state index in [4.69, 9.17) is 12.2 Å². The van der Waals surface area contributed by atoms with Crippen LogP contribution < -0.4 is 10.5 Å². The summed E-state index contributed by atoms with van der Waals surface area (Å²) >= 11 is 4.85. The minimum atomic E-state index is -0.569. The van der Waals surface area contributed by atoms with Crippen LogP contribution in [0.1, 0.15) is 26.4 Å². The number of aromatic amines is 2. The molecule has 0 unspecified atom stereocenters. The van der Waals surface area contributed by atoms with Gasteiger partial charge in [0.25, 0.3) is 17.4 Å². The molecule has 7 heteroatoms. The zero-order valence-electron chi connectivity index (χ0n) is 10.4. The van der Waals surface area contributed by atoms with Gasteiger partial charge in [-0.15, -0.1) is 0 Å². The average Bonchev–Trinajstić information content (AvgIpc) is 2.64. The van der Waals surface area contributed by atoms with Crippen molar-refractivity contribution in [3.05, 3.63) is 56.2 Å². The van der Waals surface area contributed by atoms with Crippen molar-refractivity contribution in [1.82, 2.24) is 9.97 Å². The number of carbonyl (C=O) groups is 2. The number of rotatable bonds is 1. The van der Waals surface area contributed by atoms with Crippen molar-refractivity contribution in [2.75, 3.05) is 4.90 Å². The molecule has 1 aromatic carbocycles. The van der Waals surface area contributed by atoms with Crippen molar-refractivity contribution in [2.45, 2.75) is 6.92 Å². The minimum absolute atomic E-state index is 0.0233. The van der Waals surface area contributed by atoms with E-state index in [1.807, 2.05) is 0 Å². The molecule has 1 aliphatic heterocycles. The monoisotopic (exact) mass is 287 g/mol. The van der Waals surface area contributed by atoms with Crippen LogP contribution in [0.4, 0.5) is 5.69 Å². The number of nitrogens with one attached hydrogen (secondary N) is 2. The number of fused-ring (bicyclic) bond motifs is 1. The Morgan fingerprint density at radius 3 is 2.05 bits per heavy atom. The third-order valence-corrected chi connectivity index (χ3v) is 3.32. The highest BCUT2D eigenvalue weighted by Crippen LogP contribution is 2.27. The maximum Gasteiger partial charge on any atom is 0.276 e. The Kier molecular flexibility index (Phi) is 2.65. The number of hydrogen-bond acceptors (Lipinski definition) is 4. The van der Waals surface area contributed by atoms with Crippen LogP contribution in [-0.2, 0) is 0 Å². The van der Waals surface area contributed by atoms with E-state index in [2.05, 4.69) is 9.97 Å². The fourth-order valence-electron chi connectivity index (χ4n) is 2.25. The number of benzene rings is 1. The van der Waals surface area contributed by atoms with Crippen LogP contribution in [0.3, 0.4) is 0 Å². The lowest BCUT2D eigenvalue weighted by Gasteiger charge is -2.14. The zero-order valence-corrected chi connectivity index (χ0v) is 11.2. The van der Waals surface area contributed by atoms with Crippen molar-refractivity contribution in [3.8, 4) is 0 Å². The standard InChI is InChI=1S/C13H9N3O3S/c1-6-9(10(17)15-13(20)14-6)16-11(18)7-4-2-3-5-8(7)12(16)19/h2-5H,1H3,(H2,14,15,17,20). The second-order valence-corrected chi connectivity index (χ2v) is 4.78. The van der Waals surface area contributed by atoms with E-state index in [9.17, 15) is 14.4 Å². The van der Waals surface area contributed by atoms with Crippen molar-refractivity contribution < 1.29 is 9.59 Å². The summed E-state index contributed by atoms with van der Waals surface area (Å²) in [6.45, 7) is 1.59. The number of imide groups is 1. The molecule has 0 atom stereocenters. The topological polar surface area (TPSA) is 86.0 Å². The third-order valence-electron chi connectivity index (χ3n) is 3.12. The van der Waals surface area contributed by atoms with E-state index in [1.165, 1.54) is 0 Å². The van der Waals surface area contributed by atoms with Gasteiger partial charge in [0, 0.05) is 5.69 Å². The number of anilines is 1. The maximum atomic E-state index is 12.3. The molecule has 3 rings (SSSR count). The number of nitrogens with zero attached hydrogens (tertiary/aromatic N) is 1. The van der Waals surface area contributed by atoms with E-state index < -0.39 is 17.4 Å². The van der Waals surface area contributed by atoms with Crippen molar-refractivity contribution in [3.63, 3.8) is 0 Å². The lowest BCUT2D eigenvalue weighted by molar-refractivity contribution is 0.0925. The van der Waals surface area contributed by atoms with Gasteiger partial charge in [-0.1, -0.05) is 12.1 Å². The van der Waals surface area contributed by atoms with Gasteiger partial charge in [0.1, 0.15) is 5.69 Å². The summed E-state index contributed by atoms with van der Waals surface area (Å²) in [4.78, 5) is 42.6. The van der Waals surface area contributed by atoms with Gasteiger partial charge >= 0.3 is 0 Å². The van der Waals surface area contributed by atoms with Crippen molar-refractivity contribution in [1.29, 1.82) is 0 Å². The van der Waals surface area contributed by atoms with Crippen molar-refractivity contribution >= 4 is 29.7 Å². The molecule has 0 saturated heterocycles. The van der Waals surface area contributed by atoms with Crippen LogP contribution in [-0.4, -0.2) is 21.8 Å². The van der Waals surface area contributed by atoms with Gasteiger partial charge in [0.05, 0.1) is 11.1 Å². The third kappa shape index (κ3) is 1.64. The van der Waals surface area contributed by atoms with Gasteiger partial charge in [0.2, 0.25) is 0 Å². The SMILES string of the molecule is Cc1[nH]c(=S)[nH]c(=O)c1N1C(=O)c2ccccc2C1=O. The van der Waals surface area contributed by atoms with Crippen LogP contribution in [0.15, 0.2) is 29.1 Å². The fourth-order valence-corrected chi connectivity index (χ4v) is 2.50. The molecule has 0 aliphatic carbocycles. The zero-order chi connectivity index (χ0) is 14.4. The first-order chi connectivity index (χ1) is 9.50. The summed E-state index contributed by atoms with van der Waals surface area (Å²) in [6.07, 6.45) is 0. The number of carbonyl (C=O) groups excluding carboxylic acids is 2. The number of hydrogen-bond donors (Lipinski definition) is 2. The van der Waals surface area contributed by atoms with Gasteiger partial charge in [0.15, 0.2) is 4.77 Å². The van der Waals surface area contributed by atoms with E-state index >= 15 is 0 Å². The van der Waals surface area contributed by atoms with Gasteiger partial charge < -0.3 is 4.98 Å². The molecule has 0 saturated carbocycles. The predicted molar refractivity (Wildman–Crippen MR) is 74.6 cm³/mol. The Labute approximate surface area is 118 Å². The highest BCUT2D eigenvalue weighted by molar-refractivity contribution is 7.71. The number of H-pyrrole nitrogens is 2. The summed E-state index contributed by atoms with van der Waals surface area (Å²) in [5.74, 6) is -1.02. The molecule has 2 heterocycles. The van der Waals surface area contributed by atoms with Crippen LogP contribution in [0.25, 0.3) is 0 Å². The smallest absolute Gasteiger partial charge is 0.276 e. The molecule has 1 aromatic heterocycles. The van der Waals surface area contributed by atoms with Crippen LogP contribution in [0.2, 0.25) is 0 Å². The highest BCUT2D eigenvalue weighted by Gasteiger charge is 2.38. The second-order valence-electron chi connectivity index (χ2n) is 4.37. The first kappa shape index (κ1) is 12.5. The lowest BCUT2D eigenvalue weighted by Crippen LogP contribution is -2.35. The Hall–Kier alpha value is -2.54. The molecule has 0 fully saturated rings. The first-order valence-corrected chi connectivity index (χ1v) is 6.22. The number of amides is 2. The van der Waals surface area contributed by atoms with Gasteiger partial charge in [-0.05, 0) is 31.3 Å². The maximum absolute atomic E-state index is 12.3. The molecule has 0 bridgehead atoms. The lowest BCUT2D eigenvalue weighted by atomic mass is 10.1. The van der Waals surface area contributed by atoms with Gasteiger partial charge in [-0.3, -0.25) is 19.4 Å². The predicted octanol–water partition coefficient (Wildman–Crippen LogP) is 1.54. The largest absolute Gasteiger partial charge is 0.334 e. The van der Waals surface area contributed by atoms with E-state index in [0.29, 0.717) is 16.8 Å². The molecule has 100 valence electrons. The average molecular weight is 287 g/mol. The van der Waals surface area contributed by atoms with E-state index in [-0.39, 0.29) is 10.5 Å². The molecule has 2 amide bonds. The Balaban J connectivity index is 2.25.